The predicted octanol–water partition coefficient (Wildman–Crippen LogP) is 2.16. The van der Waals surface area contributed by atoms with Crippen LogP contribution in [-0.4, -0.2) is 33.0 Å². The number of carbonyl (C=O) groups excluding carboxylic acids is 1. The van der Waals surface area contributed by atoms with Gasteiger partial charge in [0.1, 0.15) is 12.4 Å². The van der Waals surface area contributed by atoms with E-state index in [1.54, 1.807) is 29.2 Å². The molecule has 0 aliphatic rings. The van der Waals surface area contributed by atoms with Crippen LogP contribution in [-0.2, 0) is 11.3 Å². The second-order valence-electron chi connectivity index (χ2n) is 6.07. The molecular formula is C20H20FN3O3. The van der Waals surface area contributed by atoms with Gasteiger partial charge in [-0.1, -0.05) is 12.1 Å². The molecule has 1 aromatic heterocycles. The number of nitrogens with zero attached hydrogens (tertiary/aromatic N) is 3. The standard InChI is InChI=1S/C20H20FN3O3/c1-3-22(4-2)18(25)13-23-17-8-6-5-7-16(17)19(26)24(20(23)27)15-11-9-14(21)10-12-15/h5-12H,3-4,13H2,1-2H3. The van der Waals surface area contributed by atoms with Gasteiger partial charge in [-0.25, -0.2) is 13.8 Å². The van der Waals surface area contributed by atoms with Crippen molar-refractivity contribution in [2.24, 2.45) is 0 Å². The number of hydrogen-bond donors (Lipinski definition) is 0. The van der Waals surface area contributed by atoms with Crippen LogP contribution < -0.4 is 11.2 Å². The van der Waals surface area contributed by atoms with E-state index < -0.39 is 17.1 Å². The van der Waals surface area contributed by atoms with Crippen LogP contribution >= 0.6 is 0 Å². The van der Waals surface area contributed by atoms with E-state index in [1.165, 1.54) is 28.8 Å². The Balaban J connectivity index is 2.27. The number of likely N-dealkylation sites (N-methyl/N-ethyl adjacent to an activating group) is 1. The Kier molecular flexibility index (Phi) is 5.21. The molecule has 0 atom stereocenters. The summed E-state index contributed by atoms with van der Waals surface area (Å²) in [6.45, 7) is 4.60. The molecule has 1 heterocycles. The molecule has 27 heavy (non-hydrogen) atoms. The third-order valence-corrected chi connectivity index (χ3v) is 4.54. The van der Waals surface area contributed by atoms with Crippen LogP contribution in [0.5, 0.6) is 0 Å². The Labute approximate surface area is 155 Å². The van der Waals surface area contributed by atoms with Crippen molar-refractivity contribution < 1.29 is 9.18 Å². The number of hydrogen-bond acceptors (Lipinski definition) is 3. The lowest BCUT2D eigenvalue weighted by atomic mass is 10.2. The zero-order valence-electron chi connectivity index (χ0n) is 15.2. The number of halogens is 1. The van der Waals surface area contributed by atoms with Gasteiger partial charge in [0.25, 0.3) is 5.56 Å². The molecule has 0 unspecified atom stereocenters. The van der Waals surface area contributed by atoms with Crippen molar-refractivity contribution in [3.63, 3.8) is 0 Å². The Hall–Kier alpha value is -3.22. The second-order valence-corrected chi connectivity index (χ2v) is 6.07. The monoisotopic (exact) mass is 369 g/mol. The SMILES string of the molecule is CCN(CC)C(=O)Cn1c(=O)n(-c2ccc(F)cc2)c(=O)c2ccccc21. The minimum absolute atomic E-state index is 0.178. The van der Waals surface area contributed by atoms with Gasteiger partial charge in [0.15, 0.2) is 0 Å². The van der Waals surface area contributed by atoms with Crippen molar-refractivity contribution in [1.82, 2.24) is 14.0 Å². The van der Waals surface area contributed by atoms with Crippen LogP contribution in [0.3, 0.4) is 0 Å². The van der Waals surface area contributed by atoms with Gasteiger partial charge in [-0.15, -0.1) is 0 Å². The first-order chi connectivity index (χ1) is 13.0. The number of para-hydroxylation sites is 1. The maximum absolute atomic E-state index is 13.3. The van der Waals surface area contributed by atoms with Gasteiger partial charge in [0.05, 0.1) is 16.6 Å². The van der Waals surface area contributed by atoms with E-state index in [9.17, 15) is 18.8 Å². The number of amides is 1. The van der Waals surface area contributed by atoms with Gasteiger partial charge < -0.3 is 4.90 Å². The molecular weight excluding hydrogens is 349 g/mol. The molecule has 140 valence electrons. The van der Waals surface area contributed by atoms with Crippen LogP contribution in [0, 0.1) is 5.82 Å². The van der Waals surface area contributed by atoms with E-state index in [-0.39, 0.29) is 18.1 Å². The van der Waals surface area contributed by atoms with Crippen LogP contribution in [0.2, 0.25) is 0 Å². The zero-order valence-corrected chi connectivity index (χ0v) is 15.2. The van der Waals surface area contributed by atoms with Crippen molar-refractivity contribution in [2.45, 2.75) is 20.4 Å². The lowest BCUT2D eigenvalue weighted by Gasteiger charge is -2.20. The van der Waals surface area contributed by atoms with Crippen LogP contribution in [0.25, 0.3) is 16.6 Å². The molecule has 0 saturated carbocycles. The normalized spacial score (nSPS) is 10.9. The van der Waals surface area contributed by atoms with Crippen molar-refractivity contribution in [3.8, 4) is 5.69 Å². The number of benzene rings is 2. The van der Waals surface area contributed by atoms with Gasteiger partial charge in [0, 0.05) is 13.1 Å². The smallest absolute Gasteiger partial charge is 0.336 e. The number of fused-ring (bicyclic) bond motifs is 1. The third-order valence-electron chi connectivity index (χ3n) is 4.54. The molecule has 3 aromatic rings. The summed E-state index contributed by atoms with van der Waals surface area (Å²) in [5.74, 6) is -0.679. The molecule has 0 bridgehead atoms. The summed E-state index contributed by atoms with van der Waals surface area (Å²) in [5, 5.41) is 0.314. The molecule has 0 fully saturated rings. The lowest BCUT2D eigenvalue weighted by molar-refractivity contribution is -0.131. The molecule has 2 aromatic carbocycles. The van der Waals surface area contributed by atoms with Crippen LogP contribution in [0.1, 0.15) is 13.8 Å². The maximum atomic E-state index is 13.3. The van der Waals surface area contributed by atoms with E-state index in [0.29, 0.717) is 24.0 Å². The third kappa shape index (κ3) is 3.40. The summed E-state index contributed by atoms with van der Waals surface area (Å²) in [6.07, 6.45) is 0. The number of aromatic nitrogens is 2. The fourth-order valence-electron chi connectivity index (χ4n) is 3.10. The summed E-state index contributed by atoms with van der Waals surface area (Å²) < 4.78 is 15.5. The highest BCUT2D eigenvalue weighted by Crippen LogP contribution is 2.11. The zero-order chi connectivity index (χ0) is 19.6. The Bertz CT molecular complexity index is 1100. The summed E-state index contributed by atoms with van der Waals surface area (Å²) in [6, 6.07) is 11.7. The Morgan fingerprint density at radius 1 is 1.00 bits per heavy atom. The molecule has 0 aliphatic carbocycles. The molecule has 0 saturated heterocycles. The average Bonchev–Trinajstić information content (AvgIpc) is 2.67. The van der Waals surface area contributed by atoms with Gasteiger partial charge >= 0.3 is 5.69 Å². The van der Waals surface area contributed by atoms with Gasteiger partial charge in [0.2, 0.25) is 5.91 Å². The predicted molar refractivity (Wildman–Crippen MR) is 102 cm³/mol. The molecule has 0 radical (unpaired) electrons. The molecule has 7 heteroatoms. The summed E-state index contributed by atoms with van der Waals surface area (Å²) in [7, 11) is 0. The first-order valence-electron chi connectivity index (χ1n) is 8.76. The number of carbonyl (C=O) groups is 1. The van der Waals surface area contributed by atoms with Gasteiger partial charge in [-0.2, -0.15) is 0 Å². The quantitative estimate of drug-likeness (QED) is 0.692. The summed E-state index contributed by atoms with van der Waals surface area (Å²) >= 11 is 0. The Morgan fingerprint density at radius 3 is 2.26 bits per heavy atom. The molecule has 3 rings (SSSR count). The first-order valence-corrected chi connectivity index (χ1v) is 8.76. The van der Waals surface area contributed by atoms with Crippen molar-refractivity contribution in [2.75, 3.05) is 13.1 Å². The lowest BCUT2D eigenvalue weighted by Crippen LogP contribution is -2.42. The minimum Gasteiger partial charge on any atom is -0.342 e. The molecule has 0 N–H and O–H groups in total. The topological polar surface area (TPSA) is 64.3 Å². The van der Waals surface area contributed by atoms with Gasteiger partial charge in [-0.05, 0) is 50.2 Å². The van der Waals surface area contributed by atoms with Crippen LogP contribution in [0.4, 0.5) is 4.39 Å². The van der Waals surface area contributed by atoms with Crippen molar-refractivity contribution in [1.29, 1.82) is 0 Å². The van der Waals surface area contributed by atoms with E-state index in [1.807, 2.05) is 13.8 Å². The van der Waals surface area contributed by atoms with E-state index >= 15 is 0 Å². The minimum atomic E-state index is -0.634. The molecule has 6 nitrogen and oxygen atoms in total. The maximum Gasteiger partial charge on any atom is 0.336 e. The highest BCUT2D eigenvalue weighted by molar-refractivity contribution is 5.82. The van der Waals surface area contributed by atoms with Crippen molar-refractivity contribution in [3.05, 3.63) is 75.2 Å². The van der Waals surface area contributed by atoms with E-state index in [4.69, 9.17) is 0 Å². The van der Waals surface area contributed by atoms with Crippen LogP contribution in [0.15, 0.2) is 58.1 Å². The molecule has 0 spiro atoms. The largest absolute Gasteiger partial charge is 0.342 e. The second kappa shape index (κ2) is 7.57. The molecule has 1 amide bonds. The molecule has 0 aliphatic heterocycles. The number of rotatable bonds is 5. The highest BCUT2D eigenvalue weighted by Gasteiger charge is 2.18. The first kappa shape index (κ1) is 18.6. The van der Waals surface area contributed by atoms with Crippen molar-refractivity contribution >= 4 is 16.8 Å². The van der Waals surface area contributed by atoms with Gasteiger partial charge in [-0.3, -0.25) is 14.2 Å². The summed E-state index contributed by atoms with van der Waals surface area (Å²) in [4.78, 5) is 40.2. The average molecular weight is 369 g/mol. The summed E-state index contributed by atoms with van der Waals surface area (Å²) in [5.41, 5.74) is -0.493. The highest BCUT2D eigenvalue weighted by atomic mass is 19.1. The fraction of sp³-hybridized carbons (Fsp3) is 0.250. The Morgan fingerprint density at radius 2 is 1.63 bits per heavy atom. The fourth-order valence-corrected chi connectivity index (χ4v) is 3.10. The van der Waals surface area contributed by atoms with E-state index in [0.717, 1.165) is 4.57 Å². The van der Waals surface area contributed by atoms with E-state index in [2.05, 4.69) is 0 Å².